The van der Waals surface area contributed by atoms with Crippen LogP contribution in [0.15, 0.2) is 34.9 Å². The van der Waals surface area contributed by atoms with Gasteiger partial charge in [0.2, 0.25) is 0 Å². The summed E-state index contributed by atoms with van der Waals surface area (Å²) in [6, 6.07) is 6.60. The minimum absolute atomic E-state index is 0.191. The van der Waals surface area contributed by atoms with Gasteiger partial charge in [-0.3, -0.25) is 4.79 Å². The average Bonchev–Trinajstić information content (AvgIpc) is 2.96. The molecule has 0 aliphatic carbocycles. The zero-order chi connectivity index (χ0) is 12.3. The van der Waals surface area contributed by atoms with Crippen molar-refractivity contribution in [2.75, 3.05) is 6.61 Å². The maximum absolute atomic E-state index is 11.9. The van der Waals surface area contributed by atoms with Crippen molar-refractivity contribution in [2.45, 2.75) is 13.0 Å². The molecule has 17 heavy (non-hydrogen) atoms. The molecule has 90 valence electrons. The monoisotopic (exact) mass is 251 g/mol. The molecule has 0 aliphatic rings. The highest BCUT2D eigenvalue weighted by Gasteiger charge is 2.17. The lowest BCUT2D eigenvalue weighted by Gasteiger charge is -2.12. The lowest BCUT2D eigenvalue weighted by Crippen LogP contribution is -2.29. The Kier molecular flexibility index (Phi) is 3.61. The van der Waals surface area contributed by atoms with E-state index >= 15 is 0 Å². The number of carbonyl (C=O) groups is 1. The molecule has 0 saturated heterocycles. The summed E-state index contributed by atoms with van der Waals surface area (Å²) in [4.78, 5) is 13.6. The molecule has 2 N–H and O–H groups in total. The third kappa shape index (κ3) is 2.75. The fourth-order valence-corrected chi connectivity index (χ4v) is 2.25. The first-order valence-electron chi connectivity index (χ1n) is 5.22. The van der Waals surface area contributed by atoms with Crippen LogP contribution in [0.25, 0.3) is 0 Å². The summed E-state index contributed by atoms with van der Waals surface area (Å²) in [5, 5.41) is 12.0. The molecule has 1 amide bonds. The normalized spacial score (nSPS) is 12.4. The van der Waals surface area contributed by atoms with Gasteiger partial charge in [0.25, 0.3) is 5.91 Å². The third-order valence-corrected chi connectivity index (χ3v) is 3.34. The molecule has 2 rings (SSSR count). The Morgan fingerprint density at radius 3 is 2.88 bits per heavy atom. The Hall–Kier alpha value is -1.59. The first-order valence-corrected chi connectivity index (χ1v) is 6.04. The Morgan fingerprint density at radius 1 is 1.53 bits per heavy atom. The number of rotatable bonds is 4. The minimum Gasteiger partial charge on any atom is -0.467 e. The standard InChI is InChI=1S/C12H13NO3S/c1-8-4-5-11(17-8)12(15)13-9(7-14)10-3-2-6-16-10/h2-6,9,14H,7H2,1H3,(H,13,15). The van der Waals surface area contributed by atoms with Crippen molar-refractivity contribution in [1.82, 2.24) is 5.32 Å². The molecule has 0 aromatic carbocycles. The Morgan fingerprint density at radius 2 is 2.35 bits per heavy atom. The van der Waals surface area contributed by atoms with E-state index in [1.165, 1.54) is 17.6 Å². The molecule has 0 aliphatic heterocycles. The number of carbonyl (C=O) groups excluding carboxylic acids is 1. The Labute approximate surface area is 103 Å². The predicted octanol–water partition coefficient (Wildman–Crippen LogP) is 2.11. The van der Waals surface area contributed by atoms with Crippen LogP contribution in [0.1, 0.15) is 26.4 Å². The molecule has 1 unspecified atom stereocenters. The fourth-order valence-electron chi connectivity index (χ4n) is 1.48. The van der Waals surface area contributed by atoms with E-state index in [-0.39, 0.29) is 12.5 Å². The molecule has 0 spiro atoms. The highest BCUT2D eigenvalue weighted by atomic mass is 32.1. The second kappa shape index (κ2) is 5.16. The van der Waals surface area contributed by atoms with E-state index in [0.717, 1.165) is 4.88 Å². The van der Waals surface area contributed by atoms with Gasteiger partial charge in [-0.1, -0.05) is 0 Å². The van der Waals surface area contributed by atoms with Crippen LogP contribution in [0.2, 0.25) is 0 Å². The molecular formula is C12H13NO3S. The maximum Gasteiger partial charge on any atom is 0.262 e. The largest absolute Gasteiger partial charge is 0.467 e. The van der Waals surface area contributed by atoms with E-state index in [2.05, 4.69) is 5.32 Å². The molecule has 2 aromatic rings. The van der Waals surface area contributed by atoms with E-state index in [1.807, 2.05) is 13.0 Å². The first kappa shape index (κ1) is 11.9. The second-order valence-corrected chi connectivity index (χ2v) is 4.92. The SMILES string of the molecule is Cc1ccc(C(=O)NC(CO)c2ccco2)s1. The van der Waals surface area contributed by atoms with Gasteiger partial charge in [-0.15, -0.1) is 11.3 Å². The number of aliphatic hydroxyl groups excluding tert-OH is 1. The molecule has 2 heterocycles. The molecule has 5 heteroatoms. The number of aliphatic hydroxyl groups is 1. The van der Waals surface area contributed by atoms with E-state index < -0.39 is 6.04 Å². The fraction of sp³-hybridized carbons (Fsp3) is 0.250. The van der Waals surface area contributed by atoms with Crippen molar-refractivity contribution in [2.24, 2.45) is 0 Å². The minimum atomic E-state index is -0.500. The first-order chi connectivity index (χ1) is 8.20. The van der Waals surface area contributed by atoms with Gasteiger partial charge in [-0.2, -0.15) is 0 Å². The van der Waals surface area contributed by atoms with Gasteiger partial charge in [0.15, 0.2) is 0 Å². The van der Waals surface area contributed by atoms with Gasteiger partial charge in [-0.05, 0) is 31.2 Å². The molecule has 0 bridgehead atoms. The topological polar surface area (TPSA) is 62.5 Å². The Bertz CT molecular complexity index is 490. The zero-order valence-electron chi connectivity index (χ0n) is 9.34. The van der Waals surface area contributed by atoms with Crippen molar-refractivity contribution in [3.63, 3.8) is 0 Å². The zero-order valence-corrected chi connectivity index (χ0v) is 10.2. The van der Waals surface area contributed by atoms with E-state index in [0.29, 0.717) is 10.6 Å². The number of aryl methyl sites for hydroxylation is 1. The summed E-state index contributed by atoms with van der Waals surface area (Å²) in [7, 11) is 0. The lowest BCUT2D eigenvalue weighted by atomic mass is 10.2. The number of nitrogens with one attached hydrogen (secondary N) is 1. The Balaban J connectivity index is 2.07. The van der Waals surface area contributed by atoms with Crippen LogP contribution in [-0.4, -0.2) is 17.6 Å². The number of hydrogen-bond acceptors (Lipinski definition) is 4. The van der Waals surface area contributed by atoms with Crippen molar-refractivity contribution in [3.8, 4) is 0 Å². The van der Waals surface area contributed by atoms with Gasteiger partial charge >= 0.3 is 0 Å². The van der Waals surface area contributed by atoms with Gasteiger partial charge in [-0.25, -0.2) is 0 Å². The number of hydrogen-bond donors (Lipinski definition) is 2. The second-order valence-electron chi connectivity index (χ2n) is 3.63. The van der Waals surface area contributed by atoms with Crippen LogP contribution < -0.4 is 5.32 Å². The number of amides is 1. The van der Waals surface area contributed by atoms with E-state index in [4.69, 9.17) is 4.42 Å². The quantitative estimate of drug-likeness (QED) is 0.874. The summed E-state index contributed by atoms with van der Waals surface area (Å²) >= 11 is 1.42. The molecule has 0 saturated carbocycles. The van der Waals surface area contributed by atoms with Crippen LogP contribution in [0.3, 0.4) is 0 Å². The molecule has 0 fully saturated rings. The molecule has 1 atom stereocenters. The van der Waals surface area contributed by atoms with E-state index in [9.17, 15) is 9.90 Å². The van der Waals surface area contributed by atoms with Crippen molar-refractivity contribution < 1.29 is 14.3 Å². The van der Waals surface area contributed by atoms with Gasteiger partial charge in [0.05, 0.1) is 17.7 Å². The maximum atomic E-state index is 11.9. The van der Waals surface area contributed by atoms with Crippen LogP contribution >= 0.6 is 11.3 Å². The smallest absolute Gasteiger partial charge is 0.262 e. The summed E-state index contributed by atoms with van der Waals surface area (Å²) < 4.78 is 5.16. The highest BCUT2D eigenvalue weighted by molar-refractivity contribution is 7.13. The van der Waals surface area contributed by atoms with Crippen molar-refractivity contribution >= 4 is 17.2 Å². The van der Waals surface area contributed by atoms with Gasteiger partial charge in [0, 0.05) is 4.88 Å². The van der Waals surface area contributed by atoms with Crippen molar-refractivity contribution in [1.29, 1.82) is 0 Å². The summed E-state index contributed by atoms with van der Waals surface area (Å²) in [5.41, 5.74) is 0. The molecular weight excluding hydrogens is 238 g/mol. The predicted molar refractivity (Wildman–Crippen MR) is 65.1 cm³/mol. The van der Waals surface area contributed by atoms with Crippen LogP contribution in [-0.2, 0) is 0 Å². The lowest BCUT2D eigenvalue weighted by molar-refractivity contribution is 0.0911. The number of furan rings is 1. The average molecular weight is 251 g/mol. The van der Waals surface area contributed by atoms with Crippen LogP contribution in [0, 0.1) is 6.92 Å². The van der Waals surface area contributed by atoms with Crippen LogP contribution in [0.5, 0.6) is 0 Å². The highest BCUT2D eigenvalue weighted by Crippen LogP contribution is 2.18. The molecule has 0 radical (unpaired) electrons. The summed E-state index contributed by atoms with van der Waals surface area (Å²) in [6.45, 7) is 1.75. The molecule has 4 nitrogen and oxygen atoms in total. The van der Waals surface area contributed by atoms with Crippen LogP contribution in [0.4, 0.5) is 0 Å². The summed E-state index contributed by atoms with van der Waals surface area (Å²) in [6.07, 6.45) is 1.51. The third-order valence-electron chi connectivity index (χ3n) is 2.34. The van der Waals surface area contributed by atoms with Gasteiger partial charge in [0.1, 0.15) is 11.8 Å². The molecule has 2 aromatic heterocycles. The van der Waals surface area contributed by atoms with E-state index in [1.54, 1.807) is 18.2 Å². The van der Waals surface area contributed by atoms with Crippen molar-refractivity contribution in [3.05, 3.63) is 46.0 Å². The van der Waals surface area contributed by atoms with Gasteiger partial charge < -0.3 is 14.8 Å². The summed E-state index contributed by atoms with van der Waals surface area (Å²) in [5.74, 6) is 0.354. The number of thiophene rings is 1.